The van der Waals surface area contributed by atoms with Crippen LogP contribution in [0.5, 0.6) is 0 Å². The first-order valence-electron chi connectivity index (χ1n) is 11.1. The van der Waals surface area contributed by atoms with E-state index >= 15 is 0 Å². The summed E-state index contributed by atoms with van der Waals surface area (Å²) in [5.74, 6) is 0.763. The van der Waals surface area contributed by atoms with Gasteiger partial charge >= 0.3 is 0 Å². The number of piperazine rings is 1. The number of rotatable bonds is 5. The van der Waals surface area contributed by atoms with E-state index in [1.165, 1.54) is 0 Å². The molecule has 7 nitrogen and oxygen atoms in total. The Balaban J connectivity index is 1.45. The summed E-state index contributed by atoms with van der Waals surface area (Å²) in [6.45, 7) is 10.7. The maximum Gasteiger partial charge on any atom is 0.255 e. The Hall–Kier alpha value is -2.48. The summed E-state index contributed by atoms with van der Waals surface area (Å²) < 4.78 is 5.85. The number of anilines is 2. The van der Waals surface area contributed by atoms with Crippen molar-refractivity contribution in [1.82, 2.24) is 14.8 Å². The Bertz CT molecular complexity index is 887. The Kier molecular flexibility index (Phi) is 6.85. The number of pyridine rings is 1. The Morgan fingerprint density at radius 3 is 2.55 bits per heavy atom. The summed E-state index contributed by atoms with van der Waals surface area (Å²) in [6, 6.07) is 11.7. The summed E-state index contributed by atoms with van der Waals surface area (Å²) in [4.78, 5) is 24.5. The summed E-state index contributed by atoms with van der Waals surface area (Å²) >= 11 is 0. The fraction of sp³-hybridized carbons (Fsp3) is 0.500. The topological polar surface area (TPSA) is 60.9 Å². The van der Waals surface area contributed by atoms with Crippen LogP contribution in [0.15, 0.2) is 42.6 Å². The van der Waals surface area contributed by atoms with Crippen molar-refractivity contribution in [2.75, 3.05) is 56.5 Å². The first-order valence-corrected chi connectivity index (χ1v) is 11.1. The van der Waals surface area contributed by atoms with Crippen LogP contribution in [0, 0.1) is 0 Å². The molecule has 1 N–H and O–H groups in total. The number of ether oxygens (including phenoxy) is 1. The standard InChI is InChI=1S/C24H33N5O2/c1-18-15-28(16-19(2)31-18)17-21-6-4-5-7-22(21)26-24(30)20-8-9-25-23(14-20)29-12-10-27(3)11-13-29/h4-9,14,18-19H,10-13,15-17H2,1-3H3,(H,26,30). The van der Waals surface area contributed by atoms with Gasteiger partial charge in [-0.2, -0.15) is 0 Å². The molecule has 2 fully saturated rings. The van der Waals surface area contributed by atoms with Crippen molar-refractivity contribution in [1.29, 1.82) is 0 Å². The van der Waals surface area contributed by atoms with E-state index in [1.54, 1.807) is 12.3 Å². The molecule has 3 heterocycles. The van der Waals surface area contributed by atoms with E-state index in [1.807, 2.05) is 24.3 Å². The van der Waals surface area contributed by atoms with Crippen LogP contribution in [0.25, 0.3) is 0 Å². The number of nitrogens with zero attached hydrogens (tertiary/aromatic N) is 4. The van der Waals surface area contributed by atoms with E-state index < -0.39 is 0 Å². The second kappa shape index (κ2) is 9.77. The lowest BCUT2D eigenvalue weighted by atomic mass is 10.1. The number of amides is 1. The molecule has 2 atom stereocenters. The van der Waals surface area contributed by atoms with E-state index in [4.69, 9.17) is 4.74 Å². The van der Waals surface area contributed by atoms with Crippen LogP contribution in [0.3, 0.4) is 0 Å². The lowest BCUT2D eigenvalue weighted by Gasteiger charge is -2.35. The molecule has 0 bridgehead atoms. The third kappa shape index (κ3) is 5.61. The molecule has 2 aliphatic heterocycles. The van der Waals surface area contributed by atoms with Crippen LogP contribution in [0.1, 0.15) is 29.8 Å². The molecule has 166 valence electrons. The second-order valence-electron chi connectivity index (χ2n) is 8.76. The molecule has 0 spiro atoms. The van der Waals surface area contributed by atoms with Crippen molar-refractivity contribution >= 4 is 17.4 Å². The fourth-order valence-corrected chi connectivity index (χ4v) is 4.40. The van der Waals surface area contributed by atoms with Gasteiger partial charge in [-0.05, 0) is 44.7 Å². The quantitative estimate of drug-likeness (QED) is 0.798. The van der Waals surface area contributed by atoms with Crippen LogP contribution in [-0.4, -0.2) is 79.2 Å². The Labute approximate surface area is 185 Å². The average Bonchev–Trinajstić information content (AvgIpc) is 2.75. The van der Waals surface area contributed by atoms with Gasteiger partial charge in [0.15, 0.2) is 0 Å². The van der Waals surface area contributed by atoms with Crippen LogP contribution < -0.4 is 10.2 Å². The van der Waals surface area contributed by atoms with Gasteiger partial charge in [-0.15, -0.1) is 0 Å². The number of carbonyl (C=O) groups is 1. The minimum atomic E-state index is -0.103. The minimum absolute atomic E-state index is 0.103. The third-order valence-electron chi connectivity index (χ3n) is 5.99. The zero-order valence-corrected chi connectivity index (χ0v) is 18.8. The number of morpholine rings is 1. The zero-order valence-electron chi connectivity index (χ0n) is 18.8. The van der Waals surface area contributed by atoms with Crippen molar-refractivity contribution < 1.29 is 9.53 Å². The monoisotopic (exact) mass is 423 g/mol. The van der Waals surface area contributed by atoms with E-state index in [0.29, 0.717) is 5.56 Å². The number of hydrogen-bond donors (Lipinski definition) is 1. The van der Waals surface area contributed by atoms with Crippen LogP contribution in [-0.2, 0) is 11.3 Å². The molecule has 1 amide bonds. The number of hydrogen-bond acceptors (Lipinski definition) is 6. The highest BCUT2D eigenvalue weighted by molar-refractivity contribution is 6.05. The smallest absolute Gasteiger partial charge is 0.255 e. The van der Waals surface area contributed by atoms with Crippen molar-refractivity contribution in [3.63, 3.8) is 0 Å². The van der Waals surface area contributed by atoms with Gasteiger partial charge in [0.2, 0.25) is 0 Å². The molecular formula is C24H33N5O2. The number of para-hydroxylation sites is 1. The van der Waals surface area contributed by atoms with Gasteiger partial charge in [0.05, 0.1) is 12.2 Å². The predicted molar refractivity (Wildman–Crippen MR) is 124 cm³/mol. The first kappa shape index (κ1) is 21.7. The van der Waals surface area contributed by atoms with Crippen molar-refractivity contribution in [2.45, 2.75) is 32.6 Å². The first-order chi connectivity index (χ1) is 15.0. The molecule has 2 saturated heterocycles. The summed E-state index contributed by atoms with van der Waals surface area (Å²) in [7, 11) is 2.13. The maximum atomic E-state index is 13.1. The van der Waals surface area contributed by atoms with E-state index in [-0.39, 0.29) is 18.1 Å². The number of benzene rings is 1. The minimum Gasteiger partial charge on any atom is -0.373 e. The van der Waals surface area contributed by atoms with Gasteiger partial charge in [-0.3, -0.25) is 9.69 Å². The van der Waals surface area contributed by atoms with Gasteiger partial charge in [-0.1, -0.05) is 18.2 Å². The van der Waals surface area contributed by atoms with Gasteiger partial charge in [0.25, 0.3) is 5.91 Å². The molecular weight excluding hydrogens is 390 g/mol. The lowest BCUT2D eigenvalue weighted by Crippen LogP contribution is -2.45. The van der Waals surface area contributed by atoms with E-state index in [2.05, 4.69) is 52.0 Å². The van der Waals surface area contributed by atoms with Crippen LogP contribution in [0.2, 0.25) is 0 Å². The molecule has 1 aromatic carbocycles. The zero-order chi connectivity index (χ0) is 21.8. The molecule has 0 saturated carbocycles. The molecule has 0 radical (unpaired) electrons. The fourth-order valence-electron chi connectivity index (χ4n) is 4.40. The highest BCUT2D eigenvalue weighted by atomic mass is 16.5. The number of nitrogens with one attached hydrogen (secondary N) is 1. The van der Waals surface area contributed by atoms with Gasteiger partial charge in [-0.25, -0.2) is 4.98 Å². The Morgan fingerprint density at radius 1 is 1.10 bits per heavy atom. The highest BCUT2D eigenvalue weighted by Gasteiger charge is 2.23. The maximum absolute atomic E-state index is 13.1. The number of aromatic nitrogens is 1. The normalized spacial score (nSPS) is 23.0. The predicted octanol–water partition coefficient (Wildman–Crippen LogP) is 2.69. The SMILES string of the molecule is CC1CN(Cc2ccccc2NC(=O)c2ccnc(N3CCN(C)CC3)c2)CC(C)O1. The van der Waals surface area contributed by atoms with Crippen LogP contribution in [0.4, 0.5) is 11.5 Å². The number of likely N-dealkylation sites (N-methyl/N-ethyl adjacent to an activating group) is 1. The third-order valence-corrected chi connectivity index (χ3v) is 5.99. The summed E-state index contributed by atoms with van der Waals surface area (Å²) in [6.07, 6.45) is 2.16. The van der Waals surface area contributed by atoms with Gasteiger partial charge < -0.3 is 19.9 Å². The van der Waals surface area contributed by atoms with E-state index in [0.717, 1.165) is 62.9 Å². The van der Waals surface area contributed by atoms with Crippen molar-refractivity contribution in [2.24, 2.45) is 0 Å². The van der Waals surface area contributed by atoms with Crippen molar-refractivity contribution in [3.05, 3.63) is 53.7 Å². The largest absolute Gasteiger partial charge is 0.373 e. The lowest BCUT2D eigenvalue weighted by molar-refractivity contribution is -0.0704. The average molecular weight is 424 g/mol. The molecule has 2 unspecified atom stereocenters. The molecule has 31 heavy (non-hydrogen) atoms. The van der Waals surface area contributed by atoms with Gasteiger partial charge in [0, 0.05) is 63.3 Å². The Morgan fingerprint density at radius 2 is 1.81 bits per heavy atom. The molecule has 1 aromatic heterocycles. The molecule has 7 heteroatoms. The summed E-state index contributed by atoms with van der Waals surface area (Å²) in [5, 5.41) is 3.12. The molecule has 4 rings (SSSR count). The van der Waals surface area contributed by atoms with Crippen LogP contribution >= 0.6 is 0 Å². The number of carbonyl (C=O) groups excluding carboxylic acids is 1. The molecule has 2 aromatic rings. The molecule has 0 aliphatic carbocycles. The van der Waals surface area contributed by atoms with E-state index in [9.17, 15) is 4.79 Å². The van der Waals surface area contributed by atoms with Gasteiger partial charge in [0.1, 0.15) is 5.82 Å². The summed E-state index contributed by atoms with van der Waals surface area (Å²) in [5.41, 5.74) is 2.61. The highest BCUT2D eigenvalue weighted by Crippen LogP contribution is 2.22. The second-order valence-corrected chi connectivity index (χ2v) is 8.76. The van der Waals surface area contributed by atoms with Crippen molar-refractivity contribution in [3.8, 4) is 0 Å². The molecule has 2 aliphatic rings.